The fourth-order valence-corrected chi connectivity index (χ4v) is 4.11. The van der Waals surface area contributed by atoms with Crippen LogP contribution in [0.25, 0.3) is 0 Å². The van der Waals surface area contributed by atoms with Gasteiger partial charge in [-0.2, -0.15) is 0 Å². The summed E-state index contributed by atoms with van der Waals surface area (Å²) in [6, 6.07) is 19.3. The van der Waals surface area contributed by atoms with Gasteiger partial charge in [0.25, 0.3) is 0 Å². The fraction of sp³-hybridized carbons (Fsp3) is 0.240. The maximum absolute atomic E-state index is 14.1. The number of hydrogen-bond donors (Lipinski definition) is 1. The molecule has 0 spiro atoms. The number of nitrogens with one attached hydrogen (secondary N) is 1. The van der Waals surface area contributed by atoms with E-state index in [1.165, 1.54) is 6.07 Å². The molecule has 0 radical (unpaired) electrons. The molecule has 4 nitrogen and oxygen atoms in total. The number of ether oxygens (including phenoxy) is 1. The first-order valence-electron chi connectivity index (χ1n) is 10.5. The number of piperidine rings is 1. The Morgan fingerprint density at radius 3 is 2.41 bits per heavy atom. The van der Waals surface area contributed by atoms with Gasteiger partial charge >= 0.3 is 0 Å². The normalized spacial score (nSPS) is 14.8. The van der Waals surface area contributed by atoms with Gasteiger partial charge in [-0.05, 0) is 68.4 Å². The molecule has 0 bridgehead atoms. The van der Waals surface area contributed by atoms with E-state index in [-0.39, 0.29) is 17.6 Å². The van der Waals surface area contributed by atoms with Crippen molar-refractivity contribution in [1.29, 1.82) is 0 Å². The van der Waals surface area contributed by atoms with Crippen LogP contribution in [0.3, 0.4) is 0 Å². The smallest absolute Gasteiger partial charge is 0.227 e. The topological polar surface area (TPSA) is 41.6 Å². The first-order chi connectivity index (χ1) is 15.5. The third-order valence-electron chi connectivity index (χ3n) is 5.54. The van der Waals surface area contributed by atoms with Gasteiger partial charge in [0.15, 0.2) is 5.75 Å². The summed E-state index contributed by atoms with van der Waals surface area (Å²) < 4.78 is 20.0. The summed E-state index contributed by atoms with van der Waals surface area (Å²) in [7, 11) is 0. The number of halogens is 3. The molecule has 0 aromatic heterocycles. The molecule has 7 heteroatoms. The van der Waals surface area contributed by atoms with Crippen molar-refractivity contribution in [2.45, 2.75) is 19.4 Å². The highest BCUT2D eigenvalue weighted by Crippen LogP contribution is 2.33. The molecule has 1 heterocycles. The van der Waals surface area contributed by atoms with E-state index in [2.05, 4.69) is 10.2 Å². The van der Waals surface area contributed by atoms with Crippen molar-refractivity contribution < 1.29 is 13.9 Å². The van der Waals surface area contributed by atoms with E-state index in [1.807, 2.05) is 30.3 Å². The summed E-state index contributed by atoms with van der Waals surface area (Å²) in [6.45, 7) is 1.92. The zero-order valence-electron chi connectivity index (χ0n) is 17.4. The molecule has 4 rings (SSSR count). The van der Waals surface area contributed by atoms with Crippen molar-refractivity contribution in [1.82, 2.24) is 4.90 Å². The predicted molar refractivity (Wildman–Crippen MR) is 126 cm³/mol. The van der Waals surface area contributed by atoms with Crippen LogP contribution in [0.15, 0.2) is 66.7 Å². The zero-order valence-corrected chi connectivity index (χ0v) is 18.9. The van der Waals surface area contributed by atoms with Gasteiger partial charge in [0.2, 0.25) is 5.91 Å². The monoisotopic (exact) mass is 472 g/mol. The maximum atomic E-state index is 14.1. The van der Waals surface area contributed by atoms with Crippen LogP contribution in [0.1, 0.15) is 18.4 Å². The second-order valence-corrected chi connectivity index (χ2v) is 8.70. The average molecular weight is 473 g/mol. The number of amides is 1. The fourth-order valence-electron chi connectivity index (χ4n) is 3.78. The van der Waals surface area contributed by atoms with Crippen LogP contribution in [0.5, 0.6) is 11.5 Å². The molecule has 0 saturated carbocycles. The molecule has 1 fully saturated rings. The van der Waals surface area contributed by atoms with Gasteiger partial charge in [0.1, 0.15) is 11.6 Å². The number of hydrogen-bond acceptors (Lipinski definition) is 3. The van der Waals surface area contributed by atoms with Gasteiger partial charge in [0.05, 0.1) is 5.69 Å². The molecule has 0 unspecified atom stereocenters. The molecule has 1 N–H and O–H groups in total. The molecule has 0 atom stereocenters. The molecule has 3 aromatic carbocycles. The Kier molecular flexibility index (Phi) is 7.30. The van der Waals surface area contributed by atoms with E-state index >= 15 is 0 Å². The highest BCUT2D eigenvalue weighted by Gasteiger charge is 2.26. The Morgan fingerprint density at radius 2 is 1.69 bits per heavy atom. The highest BCUT2D eigenvalue weighted by atomic mass is 35.5. The quantitative estimate of drug-likeness (QED) is 0.429. The van der Waals surface area contributed by atoms with E-state index in [4.69, 9.17) is 27.9 Å². The van der Waals surface area contributed by atoms with Crippen molar-refractivity contribution >= 4 is 34.8 Å². The third kappa shape index (κ3) is 5.80. The zero-order chi connectivity index (χ0) is 22.5. The Morgan fingerprint density at radius 1 is 1.00 bits per heavy atom. The number of likely N-dealkylation sites (tertiary alicyclic amines) is 1. The largest absolute Gasteiger partial charge is 0.455 e. The molecule has 3 aromatic rings. The SMILES string of the molecule is O=C(Nc1cc(Cl)ccc1Oc1ccccc1)C1CCN(Cc2ccc(Cl)cc2F)CC1. The van der Waals surface area contributed by atoms with Crippen molar-refractivity contribution in [3.8, 4) is 11.5 Å². The molecule has 0 aliphatic carbocycles. The van der Waals surface area contributed by atoms with Crippen LogP contribution in [-0.4, -0.2) is 23.9 Å². The van der Waals surface area contributed by atoms with Crippen molar-refractivity contribution in [2.24, 2.45) is 5.92 Å². The molecular weight excluding hydrogens is 450 g/mol. The van der Waals surface area contributed by atoms with Crippen LogP contribution >= 0.6 is 23.2 Å². The minimum Gasteiger partial charge on any atom is -0.455 e. The van der Waals surface area contributed by atoms with Crippen LogP contribution < -0.4 is 10.1 Å². The Hall–Kier alpha value is -2.60. The predicted octanol–water partition coefficient (Wildman–Crippen LogP) is 6.78. The van der Waals surface area contributed by atoms with E-state index in [0.29, 0.717) is 65.3 Å². The van der Waals surface area contributed by atoms with Gasteiger partial charge in [-0.1, -0.05) is 47.5 Å². The Bertz CT molecular complexity index is 1090. The summed E-state index contributed by atoms with van der Waals surface area (Å²) in [4.78, 5) is 15.1. The molecular formula is C25H23Cl2FN2O2. The maximum Gasteiger partial charge on any atom is 0.227 e. The minimum absolute atomic E-state index is 0.0671. The number of nitrogens with zero attached hydrogens (tertiary/aromatic N) is 1. The second kappa shape index (κ2) is 10.3. The first-order valence-corrected chi connectivity index (χ1v) is 11.2. The lowest BCUT2D eigenvalue weighted by Crippen LogP contribution is -2.38. The van der Waals surface area contributed by atoms with Crippen LogP contribution in [0.4, 0.5) is 10.1 Å². The van der Waals surface area contributed by atoms with Crippen molar-refractivity contribution in [3.05, 3.63) is 88.2 Å². The lowest BCUT2D eigenvalue weighted by molar-refractivity contribution is -0.121. The van der Waals surface area contributed by atoms with Gasteiger partial charge in [-0.15, -0.1) is 0 Å². The summed E-state index contributed by atoms with van der Waals surface area (Å²) in [6.07, 6.45) is 1.38. The number of carbonyl (C=O) groups excluding carboxylic acids is 1. The van der Waals surface area contributed by atoms with Gasteiger partial charge in [0, 0.05) is 28.1 Å². The van der Waals surface area contributed by atoms with Crippen LogP contribution in [0.2, 0.25) is 10.0 Å². The molecule has 1 aliphatic rings. The minimum atomic E-state index is -0.302. The average Bonchev–Trinajstić information content (AvgIpc) is 2.79. The van der Waals surface area contributed by atoms with Crippen molar-refractivity contribution in [3.63, 3.8) is 0 Å². The number of benzene rings is 3. The lowest BCUT2D eigenvalue weighted by atomic mass is 9.95. The van der Waals surface area contributed by atoms with E-state index < -0.39 is 0 Å². The standard InChI is InChI=1S/C25H23Cl2FN2O2/c26-19-7-6-18(22(28)14-19)16-30-12-10-17(11-13-30)25(31)29-23-15-20(27)8-9-24(23)32-21-4-2-1-3-5-21/h1-9,14-15,17H,10-13,16H2,(H,29,31). The number of anilines is 1. The van der Waals surface area contributed by atoms with Gasteiger partial charge < -0.3 is 10.1 Å². The molecule has 32 heavy (non-hydrogen) atoms. The molecule has 166 valence electrons. The number of para-hydroxylation sites is 1. The highest BCUT2D eigenvalue weighted by molar-refractivity contribution is 6.31. The number of carbonyl (C=O) groups is 1. The number of rotatable bonds is 6. The second-order valence-electron chi connectivity index (χ2n) is 7.83. The summed E-state index contributed by atoms with van der Waals surface area (Å²) in [5.41, 5.74) is 1.15. The Balaban J connectivity index is 1.36. The molecule has 1 amide bonds. The van der Waals surface area contributed by atoms with E-state index in [1.54, 1.807) is 30.3 Å². The summed E-state index contributed by atoms with van der Waals surface area (Å²) >= 11 is 12.0. The van der Waals surface area contributed by atoms with E-state index in [9.17, 15) is 9.18 Å². The summed E-state index contributed by atoms with van der Waals surface area (Å²) in [5.74, 6) is 0.703. The van der Waals surface area contributed by atoms with Gasteiger partial charge in [-0.25, -0.2) is 4.39 Å². The van der Waals surface area contributed by atoms with Crippen molar-refractivity contribution in [2.75, 3.05) is 18.4 Å². The molecule has 1 saturated heterocycles. The summed E-state index contributed by atoms with van der Waals surface area (Å²) in [5, 5.41) is 3.88. The van der Waals surface area contributed by atoms with Crippen LogP contribution in [0, 0.1) is 11.7 Å². The first kappa shape index (κ1) is 22.6. The lowest BCUT2D eigenvalue weighted by Gasteiger charge is -2.31. The Labute approximate surface area is 196 Å². The van der Waals surface area contributed by atoms with Gasteiger partial charge in [-0.3, -0.25) is 9.69 Å². The van der Waals surface area contributed by atoms with E-state index in [0.717, 1.165) is 0 Å². The molecule has 1 aliphatic heterocycles. The third-order valence-corrected chi connectivity index (χ3v) is 6.01. The van der Waals surface area contributed by atoms with Crippen LogP contribution in [-0.2, 0) is 11.3 Å².